The Morgan fingerprint density at radius 3 is 2.72 bits per heavy atom. The van der Waals surface area contributed by atoms with Gasteiger partial charge in [-0.25, -0.2) is 4.98 Å². The van der Waals surface area contributed by atoms with Gasteiger partial charge in [0.25, 0.3) is 0 Å². The van der Waals surface area contributed by atoms with Crippen molar-refractivity contribution in [2.75, 3.05) is 7.05 Å². The van der Waals surface area contributed by atoms with E-state index in [0.717, 1.165) is 24.9 Å². The number of nitrogens with zero attached hydrogens (tertiary/aromatic N) is 1. The molecule has 0 aromatic carbocycles. The van der Waals surface area contributed by atoms with Crippen molar-refractivity contribution in [3.05, 3.63) is 22.8 Å². The zero-order chi connectivity index (χ0) is 12.8. The van der Waals surface area contributed by atoms with Gasteiger partial charge in [0.15, 0.2) is 0 Å². The fraction of sp³-hybridized carbons (Fsp3) is 0.643. The van der Waals surface area contributed by atoms with Gasteiger partial charge >= 0.3 is 0 Å². The Labute approximate surface area is 114 Å². The molecule has 0 unspecified atom stereocenters. The van der Waals surface area contributed by atoms with Gasteiger partial charge in [0.2, 0.25) is 5.88 Å². The number of nitrogens with one attached hydrogen (secondary N) is 1. The lowest BCUT2D eigenvalue weighted by molar-refractivity contribution is 0.176. The van der Waals surface area contributed by atoms with Gasteiger partial charge in [-0.1, -0.05) is 24.4 Å². The van der Waals surface area contributed by atoms with E-state index in [9.17, 15) is 0 Å². The van der Waals surface area contributed by atoms with Gasteiger partial charge in [-0.05, 0) is 38.3 Å². The summed E-state index contributed by atoms with van der Waals surface area (Å²) in [6, 6.07) is 1.95. The van der Waals surface area contributed by atoms with E-state index in [0.29, 0.717) is 17.0 Å². The lowest BCUT2D eigenvalue weighted by Crippen LogP contribution is -2.16. The Morgan fingerprint density at radius 2 is 2.06 bits per heavy atom. The highest BCUT2D eigenvalue weighted by Gasteiger charge is 2.14. The molecule has 4 heteroatoms. The van der Waals surface area contributed by atoms with Crippen molar-refractivity contribution in [3.8, 4) is 5.88 Å². The largest absolute Gasteiger partial charge is 0.474 e. The number of aromatic nitrogens is 1. The van der Waals surface area contributed by atoms with Crippen LogP contribution in [0.1, 0.15) is 44.1 Å². The molecule has 0 radical (unpaired) electrons. The molecule has 18 heavy (non-hydrogen) atoms. The van der Waals surface area contributed by atoms with Crippen molar-refractivity contribution in [2.45, 2.75) is 51.2 Å². The van der Waals surface area contributed by atoms with Crippen LogP contribution >= 0.6 is 11.6 Å². The smallest absolute Gasteiger partial charge is 0.213 e. The molecule has 0 amide bonds. The fourth-order valence-corrected chi connectivity index (χ4v) is 2.55. The fourth-order valence-electron chi connectivity index (χ4n) is 2.38. The average molecular weight is 269 g/mol. The third-order valence-electron chi connectivity index (χ3n) is 3.37. The molecule has 0 spiro atoms. The number of rotatable bonds is 4. The second-order valence-corrected chi connectivity index (χ2v) is 5.28. The van der Waals surface area contributed by atoms with Crippen LogP contribution in [0, 0.1) is 0 Å². The summed E-state index contributed by atoms with van der Waals surface area (Å²) in [5.74, 6) is 0.705. The standard InChI is InChI=1S/C14H21ClN2O/c1-16-9-11-8-14(17-10-13(11)15)18-12-6-4-2-3-5-7-12/h8,10,12,16H,2-7,9H2,1H3. The number of hydrogen-bond acceptors (Lipinski definition) is 3. The molecule has 1 saturated carbocycles. The Hall–Kier alpha value is -0.800. The zero-order valence-corrected chi connectivity index (χ0v) is 11.7. The summed E-state index contributed by atoms with van der Waals surface area (Å²) in [4.78, 5) is 4.26. The number of halogens is 1. The second-order valence-electron chi connectivity index (χ2n) is 4.88. The predicted octanol–water partition coefficient (Wildman–Crippen LogP) is 3.56. The minimum Gasteiger partial charge on any atom is -0.474 e. The van der Waals surface area contributed by atoms with Crippen LogP contribution in [-0.4, -0.2) is 18.1 Å². The van der Waals surface area contributed by atoms with Gasteiger partial charge in [0.05, 0.1) is 5.02 Å². The predicted molar refractivity (Wildman–Crippen MR) is 74.1 cm³/mol. The number of ether oxygens (including phenoxy) is 1. The molecule has 1 N–H and O–H groups in total. The molecule has 1 aliphatic rings. The summed E-state index contributed by atoms with van der Waals surface area (Å²) in [6.45, 7) is 0.738. The molecule has 1 heterocycles. The van der Waals surface area contributed by atoms with E-state index < -0.39 is 0 Å². The zero-order valence-electron chi connectivity index (χ0n) is 10.9. The molecule has 1 fully saturated rings. The van der Waals surface area contributed by atoms with Gasteiger partial charge in [-0.15, -0.1) is 0 Å². The van der Waals surface area contributed by atoms with E-state index in [2.05, 4.69) is 10.3 Å². The van der Waals surface area contributed by atoms with Gasteiger partial charge in [0, 0.05) is 18.8 Å². The van der Waals surface area contributed by atoms with Crippen molar-refractivity contribution in [1.29, 1.82) is 0 Å². The topological polar surface area (TPSA) is 34.1 Å². The van der Waals surface area contributed by atoms with Crippen LogP contribution in [0.25, 0.3) is 0 Å². The van der Waals surface area contributed by atoms with Crippen molar-refractivity contribution in [2.24, 2.45) is 0 Å². The first-order valence-corrected chi connectivity index (χ1v) is 7.13. The third kappa shape index (κ3) is 3.85. The molecular formula is C14H21ClN2O. The Kier molecular flexibility index (Phi) is 5.26. The first-order valence-electron chi connectivity index (χ1n) is 6.75. The summed E-state index contributed by atoms with van der Waals surface area (Å²) < 4.78 is 5.98. The minimum atomic E-state index is 0.323. The van der Waals surface area contributed by atoms with E-state index >= 15 is 0 Å². The van der Waals surface area contributed by atoms with E-state index in [-0.39, 0.29) is 0 Å². The molecule has 100 valence electrons. The van der Waals surface area contributed by atoms with Crippen LogP contribution in [0.15, 0.2) is 12.3 Å². The molecule has 1 aromatic heterocycles. The lowest BCUT2D eigenvalue weighted by Gasteiger charge is -2.16. The summed E-state index contributed by atoms with van der Waals surface area (Å²) >= 11 is 6.09. The first kappa shape index (κ1) is 13.6. The summed E-state index contributed by atoms with van der Waals surface area (Å²) in [5.41, 5.74) is 1.04. The van der Waals surface area contributed by atoms with E-state index in [4.69, 9.17) is 16.3 Å². The third-order valence-corrected chi connectivity index (χ3v) is 3.71. The highest BCUT2D eigenvalue weighted by molar-refractivity contribution is 6.31. The quantitative estimate of drug-likeness (QED) is 0.848. The van der Waals surface area contributed by atoms with Gasteiger partial charge in [-0.2, -0.15) is 0 Å². The van der Waals surface area contributed by atoms with E-state index in [1.165, 1.54) is 25.7 Å². The van der Waals surface area contributed by atoms with Crippen molar-refractivity contribution in [3.63, 3.8) is 0 Å². The molecule has 0 atom stereocenters. The molecular weight excluding hydrogens is 248 g/mol. The monoisotopic (exact) mass is 268 g/mol. The van der Waals surface area contributed by atoms with E-state index in [1.807, 2.05) is 13.1 Å². The normalized spacial score (nSPS) is 17.4. The number of hydrogen-bond donors (Lipinski definition) is 1. The van der Waals surface area contributed by atoms with Crippen molar-refractivity contribution < 1.29 is 4.74 Å². The highest BCUT2D eigenvalue weighted by Crippen LogP contribution is 2.24. The SMILES string of the molecule is CNCc1cc(OC2CCCCCC2)ncc1Cl. The molecule has 0 bridgehead atoms. The summed E-state index contributed by atoms with van der Waals surface area (Å²) in [7, 11) is 1.91. The van der Waals surface area contributed by atoms with Gasteiger partial charge in [-0.3, -0.25) is 0 Å². The highest BCUT2D eigenvalue weighted by atomic mass is 35.5. The van der Waals surface area contributed by atoms with Crippen molar-refractivity contribution in [1.82, 2.24) is 10.3 Å². The van der Waals surface area contributed by atoms with Gasteiger partial charge < -0.3 is 10.1 Å². The summed E-state index contributed by atoms with van der Waals surface area (Å²) in [6.07, 6.45) is 9.49. The van der Waals surface area contributed by atoms with Crippen LogP contribution in [0.5, 0.6) is 5.88 Å². The maximum absolute atomic E-state index is 6.09. The van der Waals surface area contributed by atoms with Crippen LogP contribution < -0.4 is 10.1 Å². The Bertz CT molecular complexity index is 376. The molecule has 3 nitrogen and oxygen atoms in total. The lowest BCUT2D eigenvalue weighted by atomic mass is 10.1. The van der Waals surface area contributed by atoms with E-state index in [1.54, 1.807) is 6.20 Å². The first-order chi connectivity index (χ1) is 8.79. The van der Waals surface area contributed by atoms with Crippen LogP contribution in [-0.2, 0) is 6.54 Å². The minimum absolute atomic E-state index is 0.323. The number of pyridine rings is 1. The molecule has 0 saturated heterocycles. The summed E-state index contributed by atoms with van der Waals surface area (Å²) in [5, 5.41) is 3.79. The maximum Gasteiger partial charge on any atom is 0.213 e. The van der Waals surface area contributed by atoms with Crippen LogP contribution in [0.3, 0.4) is 0 Å². The average Bonchev–Trinajstić information content (AvgIpc) is 2.62. The van der Waals surface area contributed by atoms with Crippen LogP contribution in [0.4, 0.5) is 0 Å². The molecule has 1 aliphatic carbocycles. The molecule has 2 rings (SSSR count). The van der Waals surface area contributed by atoms with Gasteiger partial charge in [0.1, 0.15) is 6.10 Å². The maximum atomic E-state index is 6.09. The molecule has 1 aromatic rings. The molecule has 0 aliphatic heterocycles. The van der Waals surface area contributed by atoms with Crippen molar-refractivity contribution >= 4 is 11.6 Å². The van der Waals surface area contributed by atoms with Crippen LogP contribution in [0.2, 0.25) is 5.02 Å². The second kappa shape index (κ2) is 6.95. The Balaban J connectivity index is 2.01. The Morgan fingerprint density at radius 1 is 1.33 bits per heavy atom.